The van der Waals surface area contributed by atoms with E-state index in [1.807, 2.05) is 36.6 Å². The number of nitrogens with zero attached hydrogens (tertiary/aromatic N) is 2. The first kappa shape index (κ1) is 16.0. The molecule has 0 atom stereocenters. The number of aryl methyl sites for hydroxylation is 1. The van der Waals surface area contributed by atoms with Crippen LogP contribution in [0.5, 0.6) is 5.75 Å². The molecule has 0 radical (unpaired) electrons. The van der Waals surface area contributed by atoms with E-state index in [0.717, 1.165) is 33.7 Å². The van der Waals surface area contributed by atoms with Gasteiger partial charge < -0.3 is 9.30 Å². The Labute approximate surface area is 142 Å². The summed E-state index contributed by atoms with van der Waals surface area (Å²) in [5.74, 6) is 0.661. The lowest BCUT2D eigenvalue weighted by molar-refractivity contribution is 0.100. The number of benzene rings is 1. The van der Waals surface area contributed by atoms with Crippen LogP contribution in [0.3, 0.4) is 0 Å². The minimum atomic E-state index is -0.186. The molecule has 6 heteroatoms. The van der Waals surface area contributed by atoms with E-state index in [1.165, 1.54) is 22.7 Å². The summed E-state index contributed by atoms with van der Waals surface area (Å²) in [4.78, 5) is 18.1. The predicted molar refractivity (Wildman–Crippen MR) is 95.5 cm³/mol. The SMILES string of the molecule is CCCn1c(=NC(=O)c2cccs2)sc2cccc(OCC)c21. The molecule has 0 saturated heterocycles. The molecule has 0 N–H and O–H groups in total. The third kappa shape index (κ3) is 3.23. The van der Waals surface area contributed by atoms with Gasteiger partial charge in [-0.3, -0.25) is 4.79 Å². The van der Waals surface area contributed by atoms with Crippen LogP contribution in [0.25, 0.3) is 10.2 Å². The van der Waals surface area contributed by atoms with Crippen molar-refractivity contribution in [3.05, 3.63) is 45.4 Å². The highest BCUT2D eigenvalue weighted by Gasteiger charge is 2.13. The zero-order chi connectivity index (χ0) is 16.2. The van der Waals surface area contributed by atoms with Crippen LogP contribution >= 0.6 is 22.7 Å². The first-order valence-electron chi connectivity index (χ1n) is 7.62. The van der Waals surface area contributed by atoms with Gasteiger partial charge in [-0.25, -0.2) is 0 Å². The van der Waals surface area contributed by atoms with E-state index >= 15 is 0 Å². The average molecular weight is 346 g/mol. The molecular formula is C17H18N2O2S2. The number of aromatic nitrogens is 1. The fourth-order valence-corrected chi connectivity index (χ4v) is 4.11. The van der Waals surface area contributed by atoms with Gasteiger partial charge in [-0.2, -0.15) is 4.99 Å². The number of carbonyl (C=O) groups excluding carboxylic acids is 1. The van der Waals surface area contributed by atoms with E-state index in [2.05, 4.69) is 16.5 Å². The van der Waals surface area contributed by atoms with Gasteiger partial charge in [-0.1, -0.05) is 30.4 Å². The van der Waals surface area contributed by atoms with E-state index in [0.29, 0.717) is 11.5 Å². The number of fused-ring (bicyclic) bond motifs is 1. The van der Waals surface area contributed by atoms with Gasteiger partial charge >= 0.3 is 0 Å². The van der Waals surface area contributed by atoms with Crippen molar-refractivity contribution < 1.29 is 9.53 Å². The van der Waals surface area contributed by atoms with Crippen molar-refractivity contribution in [2.75, 3.05) is 6.61 Å². The Kier molecular flexibility index (Phi) is 4.93. The van der Waals surface area contributed by atoms with E-state index < -0.39 is 0 Å². The molecule has 2 aromatic heterocycles. The van der Waals surface area contributed by atoms with Crippen LogP contribution in [0.2, 0.25) is 0 Å². The zero-order valence-corrected chi connectivity index (χ0v) is 14.7. The van der Waals surface area contributed by atoms with Gasteiger partial charge in [0.2, 0.25) is 0 Å². The molecule has 0 spiro atoms. The Morgan fingerprint density at radius 1 is 1.26 bits per heavy atom. The zero-order valence-electron chi connectivity index (χ0n) is 13.1. The summed E-state index contributed by atoms with van der Waals surface area (Å²) >= 11 is 2.94. The summed E-state index contributed by atoms with van der Waals surface area (Å²) in [5, 5.41) is 1.89. The van der Waals surface area contributed by atoms with Gasteiger partial charge in [0.1, 0.15) is 11.3 Å². The molecule has 3 aromatic rings. The van der Waals surface area contributed by atoms with Crippen molar-refractivity contribution >= 4 is 38.8 Å². The number of hydrogen-bond acceptors (Lipinski definition) is 4. The normalized spacial score (nSPS) is 12.0. The molecule has 1 aromatic carbocycles. The third-order valence-corrected chi connectivity index (χ3v) is 5.24. The second-order valence-corrected chi connectivity index (χ2v) is 6.92. The van der Waals surface area contributed by atoms with E-state index in [9.17, 15) is 4.79 Å². The van der Waals surface area contributed by atoms with Crippen molar-refractivity contribution in [1.29, 1.82) is 0 Å². The van der Waals surface area contributed by atoms with E-state index in [-0.39, 0.29) is 5.91 Å². The van der Waals surface area contributed by atoms with Crippen molar-refractivity contribution in [1.82, 2.24) is 4.57 Å². The monoisotopic (exact) mass is 346 g/mol. The molecule has 23 heavy (non-hydrogen) atoms. The average Bonchev–Trinajstić information content (AvgIpc) is 3.17. The number of rotatable bonds is 5. The van der Waals surface area contributed by atoms with E-state index in [1.54, 1.807) is 6.07 Å². The molecule has 0 saturated carbocycles. The third-order valence-electron chi connectivity index (χ3n) is 3.34. The van der Waals surface area contributed by atoms with Crippen molar-refractivity contribution in [3.63, 3.8) is 0 Å². The number of amides is 1. The Balaban J connectivity index is 2.18. The Bertz CT molecular complexity index is 876. The van der Waals surface area contributed by atoms with Gasteiger partial charge in [-0.05, 0) is 36.9 Å². The molecule has 2 heterocycles. The van der Waals surface area contributed by atoms with Crippen LogP contribution in [0, 0.1) is 0 Å². The topological polar surface area (TPSA) is 43.6 Å². The lowest BCUT2D eigenvalue weighted by Gasteiger charge is -2.08. The number of ether oxygens (including phenoxy) is 1. The summed E-state index contributed by atoms with van der Waals surface area (Å²) in [6.07, 6.45) is 0.965. The summed E-state index contributed by atoms with van der Waals surface area (Å²) in [7, 11) is 0. The second-order valence-electron chi connectivity index (χ2n) is 4.97. The summed E-state index contributed by atoms with van der Waals surface area (Å²) < 4.78 is 8.94. The maximum Gasteiger partial charge on any atom is 0.289 e. The quantitative estimate of drug-likeness (QED) is 0.691. The van der Waals surface area contributed by atoms with Crippen LogP contribution in [0.15, 0.2) is 40.7 Å². The number of thiophene rings is 1. The molecule has 3 rings (SSSR count). The molecule has 0 aliphatic rings. The molecule has 0 fully saturated rings. The summed E-state index contributed by atoms with van der Waals surface area (Å²) in [6, 6.07) is 9.66. The van der Waals surface area contributed by atoms with Crippen molar-refractivity contribution in [3.8, 4) is 5.75 Å². The van der Waals surface area contributed by atoms with Crippen LogP contribution in [0.4, 0.5) is 0 Å². The Hall–Kier alpha value is -1.92. The van der Waals surface area contributed by atoms with Crippen LogP contribution in [0.1, 0.15) is 29.9 Å². The first-order valence-corrected chi connectivity index (χ1v) is 9.32. The highest BCUT2D eigenvalue weighted by Crippen LogP contribution is 2.28. The summed E-state index contributed by atoms with van der Waals surface area (Å²) in [5.41, 5.74) is 1.03. The fraction of sp³-hybridized carbons (Fsp3) is 0.294. The predicted octanol–water partition coefficient (Wildman–Crippen LogP) is 4.31. The maximum absolute atomic E-state index is 12.3. The Morgan fingerprint density at radius 3 is 2.83 bits per heavy atom. The smallest absolute Gasteiger partial charge is 0.289 e. The largest absolute Gasteiger partial charge is 0.492 e. The van der Waals surface area contributed by atoms with Crippen molar-refractivity contribution in [2.45, 2.75) is 26.8 Å². The molecule has 1 amide bonds. The molecule has 0 aliphatic heterocycles. The van der Waals surface area contributed by atoms with Crippen LogP contribution < -0.4 is 9.54 Å². The van der Waals surface area contributed by atoms with Crippen molar-refractivity contribution in [2.24, 2.45) is 4.99 Å². The molecule has 0 unspecified atom stereocenters. The fourth-order valence-electron chi connectivity index (χ4n) is 2.43. The number of para-hydroxylation sites is 1. The highest BCUT2D eigenvalue weighted by atomic mass is 32.1. The van der Waals surface area contributed by atoms with Gasteiger partial charge in [0.15, 0.2) is 4.80 Å². The van der Waals surface area contributed by atoms with Gasteiger partial charge in [0.25, 0.3) is 5.91 Å². The lowest BCUT2D eigenvalue weighted by atomic mass is 10.3. The molecule has 4 nitrogen and oxygen atoms in total. The summed E-state index contributed by atoms with van der Waals surface area (Å²) in [6.45, 7) is 5.51. The number of thiazole rings is 1. The molecule has 0 aliphatic carbocycles. The minimum Gasteiger partial charge on any atom is -0.492 e. The molecular weight excluding hydrogens is 328 g/mol. The first-order chi connectivity index (χ1) is 11.2. The van der Waals surface area contributed by atoms with Crippen LogP contribution in [-0.4, -0.2) is 17.1 Å². The lowest BCUT2D eigenvalue weighted by Crippen LogP contribution is -2.17. The number of hydrogen-bond donors (Lipinski definition) is 0. The van der Waals surface area contributed by atoms with Crippen LogP contribution in [-0.2, 0) is 6.54 Å². The van der Waals surface area contributed by atoms with Gasteiger partial charge in [0.05, 0.1) is 16.2 Å². The maximum atomic E-state index is 12.3. The highest BCUT2D eigenvalue weighted by molar-refractivity contribution is 7.16. The number of carbonyl (C=O) groups is 1. The molecule has 0 bridgehead atoms. The molecule has 120 valence electrons. The van der Waals surface area contributed by atoms with Gasteiger partial charge in [-0.15, -0.1) is 11.3 Å². The second kappa shape index (κ2) is 7.10. The standard InChI is InChI=1S/C17H18N2O2S2/c1-3-10-19-15-12(21-4-2)7-5-8-13(15)23-17(19)18-16(20)14-9-6-11-22-14/h5-9,11H,3-4,10H2,1-2H3. The minimum absolute atomic E-state index is 0.186. The Morgan fingerprint density at radius 2 is 2.13 bits per heavy atom. The van der Waals surface area contributed by atoms with E-state index in [4.69, 9.17) is 4.74 Å². The van der Waals surface area contributed by atoms with Gasteiger partial charge in [0, 0.05) is 6.54 Å².